The predicted octanol–water partition coefficient (Wildman–Crippen LogP) is 3.79. The number of carbonyl (C=O) groups is 2. The van der Waals surface area contributed by atoms with Crippen molar-refractivity contribution in [1.82, 2.24) is 4.98 Å². The van der Waals surface area contributed by atoms with E-state index in [0.717, 1.165) is 0 Å². The van der Waals surface area contributed by atoms with Crippen molar-refractivity contribution in [3.8, 4) is 0 Å². The van der Waals surface area contributed by atoms with E-state index < -0.39 is 17.9 Å². The quantitative estimate of drug-likeness (QED) is 0.470. The van der Waals surface area contributed by atoms with E-state index in [1.807, 2.05) is 0 Å². The molecule has 0 bridgehead atoms. The van der Waals surface area contributed by atoms with Gasteiger partial charge in [0.2, 0.25) is 5.76 Å². The van der Waals surface area contributed by atoms with Crippen molar-refractivity contribution >= 4 is 39.3 Å². The van der Waals surface area contributed by atoms with Gasteiger partial charge in [-0.2, -0.15) is 0 Å². The van der Waals surface area contributed by atoms with Gasteiger partial charge in [-0.25, -0.2) is 9.78 Å². The molecule has 8 heteroatoms. The molecule has 2 aromatic carbocycles. The molecule has 7 nitrogen and oxygen atoms in total. The minimum atomic E-state index is -0.716. The largest absolute Gasteiger partial charge is 0.465 e. The zero-order chi connectivity index (χ0) is 20.8. The Kier molecular flexibility index (Phi) is 4.22. The maximum Gasteiger partial charge on any atom is 0.337 e. The highest BCUT2D eigenvalue weighted by molar-refractivity contribution is 7.13. The number of amides is 1. The molecule has 0 spiro atoms. The van der Waals surface area contributed by atoms with Crippen molar-refractivity contribution < 1.29 is 18.7 Å². The van der Waals surface area contributed by atoms with Crippen LogP contribution in [-0.4, -0.2) is 24.0 Å². The molecule has 1 atom stereocenters. The van der Waals surface area contributed by atoms with Gasteiger partial charge in [0.05, 0.1) is 29.7 Å². The number of fused-ring (bicyclic) bond motifs is 2. The molecule has 1 aliphatic heterocycles. The Labute approximate surface area is 174 Å². The number of hydrogen-bond acceptors (Lipinski definition) is 7. The first-order valence-electron chi connectivity index (χ1n) is 9.07. The van der Waals surface area contributed by atoms with Crippen molar-refractivity contribution in [1.29, 1.82) is 0 Å². The molecule has 3 heterocycles. The Hall–Kier alpha value is -3.78. The van der Waals surface area contributed by atoms with E-state index in [9.17, 15) is 14.4 Å². The molecule has 30 heavy (non-hydrogen) atoms. The summed E-state index contributed by atoms with van der Waals surface area (Å²) in [5, 5.41) is 2.62. The highest BCUT2D eigenvalue weighted by atomic mass is 32.1. The van der Waals surface area contributed by atoms with E-state index in [2.05, 4.69) is 4.98 Å². The van der Waals surface area contributed by atoms with Crippen molar-refractivity contribution in [2.75, 3.05) is 12.0 Å². The molecule has 0 fully saturated rings. The summed E-state index contributed by atoms with van der Waals surface area (Å²) in [5.74, 6) is -0.882. The van der Waals surface area contributed by atoms with Gasteiger partial charge in [0.15, 0.2) is 10.6 Å². The number of hydrogen-bond donors (Lipinski definition) is 0. The van der Waals surface area contributed by atoms with E-state index >= 15 is 0 Å². The van der Waals surface area contributed by atoms with Gasteiger partial charge in [-0.1, -0.05) is 24.3 Å². The number of nitrogens with zero attached hydrogens (tertiary/aromatic N) is 2. The predicted molar refractivity (Wildman–Crippen MR) is 111 cm³/mol. The molecule has 0 N–H and O–H groups in total. The number of methoxy groups -OCH3 is 1. The van der Waals surface area contributed by atoms with Crippen LogP contribution in [0.25, 0.3) is 11.0 Å². The molecule has 0 saturated heterocycles. The first-order chi connectivity index (χ1) is 14.6. The van der Waals surface area contributed by atoms with E-state index in [0.29, 0.717) is 27.2 Å². The molecule has 1 unspecified atom stereocenters. The summed E-state index contributed by atoms with van der Waals surface area (Å²) >= 11 is 1.29. The molecule has 1 aliphatic rings. The first kappa shape index (κ1) is 18.3. The Balaban J connectivity index is 1.75. The number of aromatic nitrogens is 1. The van der Waals surface area contributed by atoms with Crippen LogP contribution < -0.4 is 10.3 Å². The van der Waals surface area contributed by atoms with Gasteiger partial charge in [-0.15, -0.1) is 11.3 Å². The van der Waals surface area contributed by atoms with Crippen LogP contribution in [0.1, 0.15) is 38.1 Å². The van der Waals surface area contributed by atoms with Gasteiger partial charge in [-0.3, -0.25) is 14.5 Å². The smallest absolute Gasteiger partial charge is 0.337 e. The zero-order valence-corrected chi connectivity index (χ0v) is 16.5. The Morgan fingerprint density at radius 2 is 1.90 bits per heavy atom. The van der Waals surface area contributed by atoms with Crippen LogP contribution in [0.5, 0.6) is 0 Å². The number of benzene rings is 2. The van der Waals surface area contributed by atoms with Crippen LogP contribution in [0.3, 0.4) is 0 Å². The number of anilines is 1. The number of ether oxygens (including phenoxy) is 1. The van der Waals surface area contributed by atoms with Crippen molar-refractivity contribution in [3.63, 3.8) is 0 Å². The average molecular weight is 418 g/mol. The third kappa shape index (κ3) is 2.65. The van der Waals surface area contributed by atoms with Crippen LogP contribution in [0.4, 0.5) is 5.13 Å². The summed E-state index contributed by atoms with van der Waals surface area (Å²) in [6.07, 6.45) is 1.60. The minimum absolute atomic E-state index is 0.0101. The second-order valence-electron chi connectivity index (χ2n) is 6.68. The normalized spacial score (nSPS) is 15.4. The SMILES string of the molecule is COC(=O)c1ccc(C2c3c(oc4ccccc4c3=O)C(=O)N2c2nccs2)cc1. The molecule has 5 rings (SSSR count). The summed E-state index contributed by atoms with van der Waals surface area (Å²) in [6.45, 7) is 0. The molecule has 1 amide bonds. The lowest BCUT2D eigenvalue weighted by Gasteiger charge is -2.22. The molecular weight excluding hydrogens is 404 g/mol. The highest BCUT2D eigenvalue weighted by Gasteiger charge is 2.44. The van der Waals surface area contributed by atoms with Gasteiger partial charge in [-0.05, 0) is 29.8 Å². The van der Waals surface area contributed by atoms with Gasteiger partial charge in [0, 0.05) is 11.6 Å². The fourth-order valence-corrected chi connectivity index (χ4v) is 4.35. The third-order valence-electron chi connectivity index (χ3n) is 5.05. The fraction of sp³-hybridized carbons (Fsp3) is 0.0909. The lowest BCUT2D eigenvalue weighted by Crippen LogP contribution is -2.29. The fourth-order valence-electron chi connectivity index (χ4n) is 3.69. The van der Waals surface area contributed by atoms with E-state index in [1.165, 1.54) is 23.3 Å². The lowest BCUT2D eigenvalue weighted by molar-refractivity contribution is 0.0600. The van der Waals surface area contributed by atoms with Gasteiger partial charge >= 0.3 is 5.97 Å². The molecular formula is C22H14N2O5S. The Morgan fingerprint density at radius 3 is 2.60 bits per heavy atom. The van der Waals surface area contributed by atoms with Crippen LogP contribution in [-0.2, 0) is 4.74 Å². The second-order valence-corrected chi connectivity index (χ2v) is 7.55. The molecule has 4 aromatic rings. The maximum absolute atomic E-state index is 13.4. The van der Waals surface area contributed by atoms with Crippen LogP contribution in [0, 0.1) is 0 Å². The van der Waals surface area contributed by atoms with E-state index in [4.69, 9.17) is 9.15 Å². The molecule has 0 aliphatic carbocycles. The molecule has 0 saturated carbocycles. The molecule has 148 valence electrons. The number of carbonyl (C=O) groups excluding carboxylic acids is 2. The van der Waals surface area contributed by atoms with Crippen molar-refractivity contribution in [2.45, 2.75) is 6.04 Å². The summed E-state index contributed by atoms with van der Waals surface area (Å²) in [6, 6.07) is 12.7. The van der Waals surface area contributed by atoms with Gasteiger partial charge in [0.1, 0.15) is 5.58 Å². The number of thiazole rings is 1. The Morgan fingerprint density at radius 1 is 1.13 bits per heavy atom. The maximum atomic E-state index is 13.4. The zero-order valence-electron chi connectivity index (χ0n) is 15.7. The summed E-state index contributed by atoms with van der Waals surface area (Å²) in [7, 11) is 1.31. The second kappa shape index (κ2) is 6.93. The van der Waals surface area contributed by atoms with E-state index in [1.54, 1.807) is 60.1 Å². The summed E-state index contributed by atoms with van der Waals surface area (Å²) in [5.41, 5.74) is 1.39. The molecule has 2 aromatic heterocycles. The standard InChI is InChI=1S/C22H14N2O5S/c1-28-21(27)13-8-6-12(7-9-13)17-16-18(25)14-4-2-3-5-15(14)29-19(16)20(26)24(17)22-23-10-11-30-22/h2-11,17H,1H3. The van der Waals surface area contributed by atoms with Gasteiger partial charge in [0.25, 0.3) is 5.91 Å². The Bertz CT molecular complexity index is 1340. The number of para-hydroxylation sites is 1. The topological polar surface area (TPSA) is 89.7 Å². The third-order valence-corrected chi connectivity index (χ3v) is 5.82. The minimum Gasteiger partial charge on any atom is -0.465 e. The van der Waals surface area contributed by atoms with E-state index in [-0.39, 0.29) is 16.8 Å². The number of rotatable bonds is 3. The summed E-state index contributed by atoms with van der Waals surface area (Å²) in [4.78, 5) is 44.2. The summed E-state index contributed by atoms with van der Waals surface area (Å²) < 4.78 is 10.6. The van der Waals surface area contributed by atoms with Crippen LogP contribution in [0.15, 0.2) is 69.3 Å². The van der Waals surface area contributed by atoms with Crippen molar-refractivity contribution in [3.05, 3.63) is 92.8 Å². The van der Waals surface area contributed by atoms with Gasteiger partial charge < -0.3 is 9.15 Å². The highest BCUT2D eigenvalue weighted by Crippen LogP contribution is 2.41. The van der Waals surface area contributed by atoms with Crippen molar-refractivity contribution in [2.24, 2.45) is 0 Å². The van der Waals surface area contributed by atoms with Crippen LogP contribution >= 0.6 is 11.3 Å². The number of esters is 1. The average Bonchev–Trinajstić information content (AvgIpc) is 3.40. The van der Waals surface area contributed by atoms with Crippen LogP contribution in [0.2, 0.25) is 0 Å². The monoisotopic (exact) mass is 418 g/mol. The lowest BCUT2D eigenvalue weighted by atomic mass is 9.98. The molecule has 0 radical (unpaired) electrons. The first-order valence-corrected chi connectivity index (χ1v) is 9.95.